The zero-order valence-corrected chi connectivity index (χ0v) is 12.3. The number of thiazole rings is 1. The van der Waals surface area contributed by atoms with Crippen LogP contribution in [0.25, 0.3) is 11.3 Å². The van der Waals surface area contributed by atoms with E-state index in [1.807, 2.05) is 24.3 Å². The number of aromatic nitrogens is 1. The molecule has 1 heterocycles. The molecule has 1 saturated carbocycles. The van der Waals surface area contributed by atoms with Gasteiger partial charge < -0.3 is 5.73 Å². The molecule has 0 radical (unpaired) electrons. The fourth-order valence-corrected chi connectivity index (χ4v) is 4.08. The molecular weight excluding hydrogens is 276 g/mol. The average Bonchev–Trinajstić information content (AvgIpc) is 2.82. The Morgan fingerprint density at radius 3 is 2.63 bits per heavy atom. The second-order valence-electron chi connectivity index (χ2n) is 5.08. The molecule has 0 spiro atoms. The maximum atomic E-state index is 6.30. The molecule has 1 aliphatic carbocycles. The molecule has 2 N–H and O–H groups in total. The number of halogens is 1. The van der Waals surface area contributed by atoms with E-state index >= 15 is 0 Å². The Morgan fingerprint density at radius 1 is 1.16 bits per heavy atom. The van der Waals surface area contributed by atoms with Crippen molar-refractivity contribution in [1.82, 2.24) is 4.98 Å². The second kappa shape index (κ2) is 5.51. The second-order valence-corrected chi connectivity index (χ2v) is 6.55. The van der Waals surface area contributed by atoms with Gasteiger partial charge in [-0.25, -0.2) is 4.98 Å². The smallest absolute Gasteiger partial charge is 0.180 e. The average molecular weight is 293 g/mol. The molecule has 0 unspecified atom stereocenters. The van der Waals surface area contributed by atoms with Gasteiger partial charge >= 0.3 is 0 Å². The lowest BCUT2D eigenvalue weighted by Gasteiger charge is -2.21. The number of hydrogen-bond acceptors (Lipinski definition) is 3. The Balaban J connectivity index is 2.04. The van der Waals surface area contributed by atoms with Crippen molar-refractivity contribution in [2.45, 2.75) is 38.0 Å². The molecule has 0 aliphatic heterocycles. The Hall–Kier alpha value is -1.06. The van der Waals surface area contributed by atoms with E-state index in [-0.39, 0.29) is 0 Å². The summed E-state index contributed by atoms with van der Waals surface area (Å²) in [4.78, 5) is 5.85. The standard InChI is InChI=1S/C15H17ClN2S/c16-12-9-5-4-8-11(12)13-14(19-15(17)18-13)10-6-2-1-3-7-10/h4-5,8-10H,1-3,6-7H2,(H2,17,18). The zero-order chi connectivity index (χ0) is 13.2. The van der Waals surface area contributed by atoms with Gasteiger partial charge in [-0.2, -0.15) is 0 Å². The number of anilines is 1. The van der Waals surface area contributed by atoms with Crippen molar-refractivity contribution in [1.29, 1.82) is 0 Å². The van der Waals surface area contributed by atoms with Crippen LogP contribution in [0.4, 0.5) is 5.13 Å². The van der Waals surface area contributed by atoms with E-state index in [4.69, 9.17) is 17.3 Å². The van der Waals surface area contributed by atoms with Crippen molar-refractivity contribution in [2.24, 2.45) is 0 Å². The van der Waals surface area contributed by atoms with Crippen LogP contribution in [-0.2, 0) is 0 Å². The number of nitrogens with zero attached hydrogens (tertiary/aromatic N) is 1. The molecule has 0 amide bonds. The van der Waals surface area contributed by atoms with Gasteiger partial charge in [-0.05, 0) is 24.8 Å². The first-order valence-electron chi connectivity index (χ1n) is 6.77. The van der Waals surface area contributed by atoms with Gasteiger partial charge in [0.15, 0.2) is 5.13 Å². The van der Waals surface area contributed by atoms with Gasteiger partial charge in [-0.3, -0.25) is 0 Å². The highest BCUT2D eigenvalue weighted by molar-refractivity contribution is 7.15. The minimum Gasteiger partial charge on any atom is -0.375 e. The highest BCUT2D eigenvalue weighted by Crippen LogP contribution is 2.43. The van der Waals surface area contributed by atoms with Gasteiger partial charge in [-0.15, -0.1) is 11.3 Å². The van der Waals surface area contributed by atoms with E-state index in [9.17, 15) is 0 Å². The lowest BCUT2D eigenvalue weighted by Crippen LogP contribution is -2.04. The van der Waals surface area contributed by atoms with Gasteiger partial charge in [0.1, 0.15) is 0 Å². The fraction of sp³-hybridized carbons (Fsp3) is 0.400. The Morgan fingerprint density at radius 2 is 1.89 bits per heavy atom. The quantitative estimate of drug-likeness (QED) is 0.837. The molecule has 2 nitrogen and oxygen atoms in total. The summed E-state index contributed by atoms with van der Waals surface area (Å²) in [7, 11) is 0. The summed E-state index contributed by atoms with van der Waals surface area (Å²) in [5, 5.41) is 1.40. The van der Waals surface area contributed by atoms with E-state index in [1.165, 1.54) is 37.0 Å². The number of nitrogen functional groups attached to an aromatic ring is 1. The third kappa shape index (κ3) is 2.63. The van der Waals surface area contributed by atoms with Gasteiger partial charge in [0.2, 0.25) is 0 Å². The topological polar surface area (TPSA) is 38.9 Å². The van der Waals surface area contributed by atoms with E-state index in [0.29, 0.717) is 11.0 Å². The lowest BCUT2D eigenvalue weighted by atomic mass is 9.87. The first kappa shape index (κ1) is 12.9. The van der Waals surface area contributed by atoms with Crippen molar-refractivity contribution in [2.75, 3.05) is 5.73 Å². The van der Waals surface area contributed by atoms with Gasteiger partial charge in [0, 0.05) is 15.5 Å². The Bertz CT molecular complexity index is 573. The van der Waals surface area contributed by atoms with Crippen LogP contribution in [0, 0.1) is 0 Å². The van der Waals surface area contributed by atoms with Crippen LogP contribution in [0.2, 0.25) is 5.02 Å². The van der Waals surface area contributed by atoms with Crippen molar-refractivity contribution in [3.05, 3.63) is 34.2 Å². The van der Waals surface area contributed by atoms with Crippen molar-refractivity contribution in [3.63, 3.8) is 0 Å². The summed E-state index contributed by atoms with van der Waals surface area (Å²) in [6.07, 6.45) is 6.47. The first-order valence-corrected chi connectivity index (χ1v) is 7.96. The third-order valence-electron chi connectivity index (χ3n) is 3.77. The number of benzene rings is 1. The number of hydrogen-bond donors (Lipinski definition) is 1. The van der Waals surface area contributed by atoms with Crippen LogP contribution in [0.5, 0.6) is 0 Å². The maximum Gasteiger partial charge on any atom is 0.180 e. The summed E-state index contributed by atoms with van der Waals surface area (Å²) in [6, 6.07) is 7.89. The van der Waals surface area contributed by atoms with Crippen molar-refractivity contribution < 1.29 is 0 Å². The lowest BCUT2D eigenvalue weighted by molar-refractivity contribution is 0.448. The highest BCUT2D eigenvalue weighted by Gasteiger charge is 2.23. The molecule has 1 aromatic carbocycles. The van der Waals surface area contributed by atoms with Crippen LogP contribution in [0.15, 0.2) is 24.3 Å². The molecule has 0 atom stereocenters. The molecule has 1 fully saturated rings. The molecule has 2 aromatic rings. The molecule has 0 bridgehead atoms. The minimum atomic E-state index is 0.606. The maximum absolute atomic E-state index is 6.30. The molecule has 3 rings (SSSR count). The zero-order valence-electron chi connectivity index (χ0n) is 10.7. The molecule has 4 heteroatoms. The van der Waals surface area contributed by atoms with Gasteiger partial charge in [-0.1, -0.05) is 49.1 Å². The Kier molecular flexibility index (Phi) is 3.76. The molecule has 19 heavy (non-hydrogen) atoms. The van der Waals surface area contributed by atoms with Crippen LogP contribution >= 0.6 is 22.9 Å². The van der Waals surface area contributed by atoms with Crippen LogP contribution in [-0.4, -0.2) is 4.98 Å². The van der Waals surface area contributed by atoms with Gasteiger partial charge in [0.05, 0.1) is 5.69 Å². The molecule has 0 saturated heterocycles. The Labute approximate surface area is 122 Å². The summed E-state index contributed by atoms with van der Waals surface area (Å²) < 4.78 is 0. The number of nitrogens with two attached hydrogens (primary N) is 1. The van der Waals surface area contributed by atoms with Crippen molar-refractivity contribution in [3.8, 4) is 11.3 Å². The van der Waals surface area contributed by atoms with Crippen molar-refractivity contribution >= 4 is 28.1 Å². The predicted molar refractivity (Wildman–Crippen MR) is 82.8 cm³/mol. The number of rotatable bonds is 2. The van der Waals surface area contributed by atoms with Crippen LogP contribution in [0.3, 0.4) is 0 Å². The molecule has 1 aromatic heterocycles. The summed E-state index contributed by atoms with van der Waals surface area (Å²) >= 11 is 7.94. The highest BCUT2D eigenvalue weighted by atomic mass is 35.5. The van der Waals surface area contributed by atoms with Crippen LogP contribution in [0.1, 0.15) is 42.9 Å². The SMILES string of the molecule is Nc1nc(-c2ccccc2Cl)c(C2CCCCC2)s1. The fourth-order valence-electron chi connectivity index (χ4n) is 2.84. The monoisotopic (exact) mass is 292 g/mol. The summed E-state index contributed by atoms with van der Waals surface area (Å²) in [6.45, 7) is 0. The summed E-state index contributed by atoms with van der Waals surface area (Å²) in [5.74, 6) is 0.606. The third-order valence-corrected chi connectivity index (χ3v) is 5.15. The van der Waals surface area contributed by atoms with E-state index in [0.717, 1.165) is 16.3 Å². The van der Waals surface area contributed by atoms with Crippen LogP contribution < -0.4 is 5.73 Å². The minimum absolute atomic E-state index is 0.606. The first-order chi connectivity index (χ1) is 9.25. The van der Waals surface area contributed by atoms with E-state index < -0.39 is 0 Å². The van der Waals surface area contributed by atoms with E-state index in [2.05, 4.69) is 4.98 Å². The molecule has 1 aliphatic rings. The molecular formula is C15H17ClN2S. The normalized spacial score (nSPS) is 16.7. The largest absolute Gasteiger partial charge is 0.375 e. The van der Waals surface area contributed by atoms with Gasteiger partial charge in [0.25, 0.3) is 0 Å². The predicted octanol–water partition coefficient (Wildman–Crippen LogP) is 5.09. The summed E-state index contributed by atoms with van der Waals surface area (Å²) in [5.41, 5.74) is 7.95. The van der Waals surface area contributed by atoms with E-state index in [1.54, 1.807) is 11.3 Å². The molecule has 100 valence electrons.